The van der Waals surface area contributed by atoms with Gasteiger partial charge in [0.15, 0.2) is 11.6 Å². The number of ketones is 2. The summed E-state index contributed by atoms with van der Waals surface area (Å²) in [6, 6.07) is 6.84. The molecule has 0 aromatic heterocycles. The number of carbonyl (C=O) groups excluding carboxylic acids is 2. The van der Waals surface area contributed by atoms with Crippen molar-refractivity contribution in [1.82, 2.24) is 0 Å². The first kappa shape index (κ1) is 11.6. The van der Waals surface area contributed by atoms with Crippen LogP contribution in [-0.4, -0.2) is 22.8 Å². The number of primary amides is 1. The number of carboxylic acid groups (broad SMARTS) is 1. The summed E-state index contributed by atoms with van der Waals surface area (Å²) in [7, 11) is 0. The summed E-state index contributed by atoms with van der Waals surface area (Å²) in [4.78, 5) is 31.2. The fraction of sp³-hybridized carbons (Fsp3) is 0. The molecule has 0 spiro atoms. The average Bonchev–Trinajstić information content (AvgIpc) is 2.23. The molecule has 0 fully saturated rings. The van der Waals surface area contributed by atoms with Crippen LogP contribution in [-0.2, 0) is 0 Å². The lowest BCUT2D eigenvalue weighted by Gasteiger charge is -2.06. The summed E-state index contributed by atoms with van der Waals surface area (Å²) in [6.45, 7) is 0. The Hall–Kier alpha value is -2.43. The molecule has 0 saturated heterocycles. The minimum absolute atomic E-state index is 0.0924. The van der Waals surface area contributed by atoms with Crippen LogP contribution in [0, 0.1) is 0 Å². The van der Waals surface area contributed by atoms with Crippen molar-refractivity contribution in [2.75, 3.05) is 0 Å². The standard InChI is InChI=1S/C10H6O2.CH3NO2/c11-9-5-6-10(12)8-4-2-1-3-7(8)9;2-1(3)4/h1-6H;2H2,(H,3,4). The molecule has 82 valence electrons. The molecule has 3 N–H and O–H groups in total. The second kappa shape index (κ2) is 4.88. The third-order valence-corrected chi connectivity index (χ3v) is 1.84. The summed E-state index contributed by atoms with van der Waals surface area (Å²) in [6.07, 6.45) is 1.29. The van der Waals surface area contributed by atoms with Crippen LogP contribution in [0.2, 0.25) is 0 Å². The molecule has 0 radical (unpaired) electrons. The first-order chi connectivity index (χ1) is 7.52. The van der Waals surface area contributed by atoms with Crippen LogP contribution in [0.3, 0.4) is 0 Å². The second-order valence-corrected chi connectivity index (χ2v) is 2.95. The number of benzene rings is 1. The minimum atomic E-state index is -1.33. The van der Waals surface area contributed by atoms with Gasteiger partial charge in [0, 0.05) is 11.1 Å². The Balaban J connectivity index is 0.000000280. The van der Waals surface area contributed by atoms with E-state index in [1.807, 2.05) is 0 Å². The predicted molar refractivity (Wildman–Crippen MR) is 56.5 cm³/mol. The van der Waals surface area contributed by atoms with Crippen molar-refractivity contribution in [3.05, 3.63) is 47.5 Å². The van der Waals surface area contributed by atoms with Crippen molar-refractivity contribution in [3.63, 3.8) is 0 Å². The lowest BCUT2D eigenvalue weighted by atomic mass is 9.95. The van der Waals surface area contributed by atoms with Crippen LogP contribution >= 0.6 is 0 Å². The van der Waals surface area contributed by atoms with Gasteiger partial charge in [-0.05, 0) is 12.2 Å². The minimum Gasteiger partial charge on any atom is -0.465 e. The fourth-order valence-electron chi connectivity index (χ4n) is 1.24. The molecular weight excluding hydrogens is 210 g/mol. The van der Waals surface area contributed by atoms with Crippen molar-refractivity contribution in [1.29, 1.82) is 0 Å². The number of allylic oxidation sites excluding steroid dienone is 2. The van der Waals surface area contributed by atoms with E-state index in [-0.39, 0.29) is 11.6 Å². The van der Waals surface area contributed by atoms with Gasteiger partial charge < -0.3 is 10.8 Å². The molecule has 2 rings (SSSR count). The third-order valence-electron chi connectivity index (χ3n) is 1.84. The van der Waals surface area contributed by atoms with Crippen LogP contribution in [0.4, 0.5) is 4.79 Å². The van der Waals surface area contributed by atoms with Crippen molar-refractivity contribution < 1.29 is 19.5 Å². The first-order valence-corrected chi connectivity index (χ1v) is 4.36. The first-order valence-electron chi connectivity index (χ1n) is 4.36. The zero-order valence-corrected chi connectivity index (χ0v) is 8.21. The highest BCUT2D eigenvalue weighted by Gasteiger charge is 2.16. The normalized spacial score (nSPS) is 12.5. The monoisotopic (exact) mass is 219 g/mol. The highest BCUT2D eigenvalue weighted by molar-refractivity contribution is 6.21. The van der Waals surface area contributed by atoms with Gasteiger partial charge in [0.05, 0.1) is 0 Å². The van der Waals surface area contributed by atoms with E-state index in [2.05, 4.69) is 5.73 Å². The highest BCUT2D eigenvalue weighted by Crippen LogP contribution is 2.15. The van der Waals surface area contributed by atoms with E-state index < -0.39 is 6.09 Å². The van der Waals surface area contributed by atoms with Crippen LogP contribution < -0.4 is 5.73 Å². The molecule has 0 aliphatic heterocycles. The fourth-order valence-corrected chi connectivity index (χ4v) is 1.24. The Morgan fingerprint density at radius 1 is 1.00 bits per heavy atom. The van der Waals surface area contributed by atoms with Gasteiger partial charge in [-0.25, -0.2) is 4.79 Å². The van der Waals surface area contributed by atoms with E-state index in [1.54, 1.807) is 24.3 Å². The van der Waals surface area contributed by atoms with Gasteiger partial charge in [-0.3, -0.25) is 9.59 Å². The average molecular weight is 219 g/mol. The Kier molecular flexibility index (Phi) is 3.55. The molecule has 0 saturated carbocycles. The van der Waals surface area contributed by atoms with Crippen LogP contribution in [0.15, 0.2) is 36.4 Å². The zero-order chi connectivity index (χ0) is 12.1. The smallest absolute Gasteiger partial charge is 0.402 e. The van der Waals surface area contributed by atoms with Crippen molar-refractivity contribution >= 4 is 17.7 Å². The largest absolute Gasteiger partial charge is 0.465 e. The summed E-state index contributed by atoms with van der Waals surface area (Å²) < 4.78 is 0. The highest BCUT2D eigenvalue weighted by atomic mass is 16.4. The number of hydrogen-bond donors (Lipinski definition) is 2. The molecule has 0 unspecified atom stereocenters. The number of nitrogens with two attached hydrogens (primary N) is 1. The molecule has 0 heterocycles. The number of amides is 1. The number of fused-ring (bicyclic) bond motifs is 1. The van der Waals surface area contributed by atoms with Gasteiger partial charge in [-0.1, -0.05) is 24.3 Å². The molecular formula is C11H9NO4. The number of carbonyl (C=O) groups is 3. The van der Waals surface area contributed by atoms with E-state index >= 15 is 0 Å². The molecule has 1 aromatic rings. The summed E-state index contributed by atoms with van der Waals surface area (Å²) in [5.74, 6) is -0.185. The van der Waals surface area contributed by atoms with Crippen LogP contribution in [0.5, 0.6) is 0 Å². The SMILES string of the molecule is NC(=O)O.O=C1C=CC(=O)c2ccccc21. The molecule has 1 amide bonds. The molecule has 1 aliphatic carbocycles. The Morgan fingerprint density at radius 3 is 1.62 bits per heavy atom. The lowest BCUT2D eigenvalue weighted by Crippen LogP contribution is -2.10. The van der Waals surface area contributed by atoms with Crippen molar-refractivity contribution in [2.45, 2.75) is 0 Å². The number of rotatable bonds is 0. The molecule has 16 heavy (non-hydrogen) atoms. The second-order valence-electron chi connectivity index (χ2n) is 2.95. The van der Waals surface area contributed by atoms with E-state index in [9.17, 15) is 9.59 Å². The van der Waals surface area contributed by atoms with Gasteiger partial charge in [0.1, 0.15) is 0 Å². The van der Waals surface area contributed by atoms with Crippen molar-refractivity contribution in [3.8, 4) is 0 Å². The summed E-state index contributed by atoms with van der Waals surface area (Å²) >= 11 is 0. The molecule has 1 aromatic carbocycles. The van der Waals surface area contributed by atoms with Gasteiger partial charge in [-0.2, -0.15) is 0 Å². The summed E-state index contributed by atoms with van der Waals surface area (Å²) in [5, 5.41) is 7.19. The van der Waals surface area contributed by atoms with Gasteiger partial charge in [0.25, 0.3) is 0 Å². The van der Waals surface area contributed by atoms with E-state index in [1.165, 1.54) is 12.2 Å². The number of hydrogen-bond acceptors (Lipinski definition) is 3. The van der Waals surface area contributed by atoms with E-state index in [0.717, 1.165) is 0 Å². The maximum Gasteiger partial charge on any atom is 0.402 e. The zero-order valence-electron chi connectivity index (χ0n) is 8.21. The van der Waals surface area contributed by atoms with Crippen molar-refractivity contribution in [2.24, 2.45) is 5.73 Å². The molecule has 5 nitrogen and oxygen atoms in total. The Morgan fingerprint density at radius 2 is 1.31 bits per heavy atom. The Bertz CT molecular complexity index is 436. The summed E-state index contributed by atoms with van der Waals surface area (Å²) in [5.41, 5.74) is 5.04. The van der Waals surface area contributed by atoms with Crippen LogP contribution in [0.1, 0.15) is 20.7 Å². The van der Waals surface area contributed by atoms with E-state index in [0.29, 0.717) is 11.1 Å². The molecule has 1 aliphatic rings. The maximum absolute atomic E-state index is 11.2. The third kappa shape index (κ3) is 2.78. The Labute approximate surface area is 91.2 Å². The molecule has 5 heteroatoms. The van der Waals surface area contributed by atoms with Gasteiger partial charge in [-0.15, -0.1) is 0 Å². The molecule has 0 bridgehead atoms. The lowest BCUT2D eigenvalue weighted by molar-refractivity contribution is 0.0994. The van der Waals surface area contributed by atoms with E-state index in [4.69, 9.17) is 9.90 Å². The maximum atomic E-state index is 11.2. The molecule has 0 atom stereocenters. The quantitative estimate of drug-likeness (QED) is 0.685. The topological polar surface area (TPSA) is 97.5 Å². The van der Waals surface area contributed by atoms with Crippen LogP contribution in [0.25, 0.3) is 0 Å². The van der Waals surface area contributed by atoms with Gasteiger partial charge in [0.2, 0.25) is 0 Å². The predicted octanol–water partition coefficient (Wildman–Crippen LogP) is 1.24. The van der Waals surface area contributed by atoms with Gasteiger partial charge >= 0.3 is 6.09 Å².